The van der Waals surface area contributed by atoms with Crippen molar-refractivity contribution in [2.24, 2.45) is 0 Å². The van der Waals surface area contributed by atoms with Gasteiger partial charge in [0.25, 0.3) is 5.91 Å². The minimum Gasteiger partial charge on any atom is -0.495 e. The van der Waals surface area contributed by atoms with Crippen molar-refractivity contribution in [3.05, 3.63) is 57.5 Å². The number of anilines is 1. The maximum atomic E-state index is 12.2. The Labute approximate surface area is 130 Å². The number of hydrogen-bond donors (Lipinski definition) is 3. The van der Waals surface area contributed by atoms with Gasteiger partial charge in [-0.3, -0.25) is 4.79 Å². The molecule has 2 aromatic carbocycles. The lowest BCUT2D eigenvalue weighted by atomic mass is 10.2. The van der Waals surface area contributed by atoms with Crippen molar-refractivity contribution in [1.29, 1.82) is 0 Å². The molecule has 0 spiro atoms. The number of benzene rings is 2. The zero-order valence-corrected chi connectivity index (χ0v) is 12.3. The number of nitrogens with one attached hydrogen (secondary N) is 3. The van der Waals surface area contributed by atoms with Crippen LogP contribution in [0.3, 0.4) is 0 Å². The summed E-state index contributed by atoms with van der Waals surface area (Å²) in [6.07, 6.45) is 0. The van der Waals surface area contributed by atoms with Gasteiger partial charge in [0, 0.05) is 11.3 Å². The summed E-state index contributed by atoms with van der Waals surface area (Å²) in [4.78, 5) is 28.7. The summed E-state index contributed by atoms with van der Waals surface area (Å²) >= 11 is 6.02. The van der Waals surface area contributed by atoms with Crippen LogP contribution in [0.15, 0.2) is 41.2 Å². The third kappa shape index (κ3) is 2.68. The minimum absolute atomic E-state index is 0.301. The predicted octanol–water partition coefficient (Wildman–Crippen LogP) is 2.77. The zero-order chi connectivity index (χ0) is 15.7. The monoisotopic (exact) mass is 317 g/mol. The molecule has 112 valence electrons. The SMILES string of the molecule is COc1ccc(NC(=O)c2ccc3[nH]c(=O)[nH]c3c2)cc1Cl. The summed E-state index contributed by atoms with van der Waals surface area (Å²) in [6.45, 7) is 0. The number of hydrogen-bond acceptors (Lipinski definition) is 3. The fourth-order valence-electron chi connectivity index (χ4n) is 2.12. The number of rotatable bonds is 3. The van der Waals surface area contributed by atoms with Gasteiger partial charge < -0.3 is 20.0 Å². The Bertz CT molecular complexity index is 914. The second-order valence-corrected chi connectivity index (χ2v) is 5.05. The van der Waals surface area contributed by atoms with Crippen LogP contribution < -0.4 is 15.7 Å². The second-order valence-electron chi connectivity index (χ2n) is 4.64. The number of carbonyl (C=O) groups excluding carboxylic acids is 1. The molecule has 0 fully saturated rings. The molecule has 0 unspecified atom stereocenters. The molecule has 0 atom stereocenters. The second kappa shape index (κ2) is 5.57. The topological polar surface area (TPSA) is 87.0 Å². The molecule has 0 aliphatic rings. The van der Waals surface area contributed by atoms with E-state index in [1.807, 2.05) is 0 Å². The van der Waals surface area contributed by atoms with Gasteiger partial charge in [0.2, 0.25) is 0 Å². The maximum absolute atomic E-state index is 12.2. The van der Waals surface area contributed by atoms with E-state index in [2.05, 4.69) is 15.3 Å². The number of fused-ring (bicyclic) bond motifs is 1. The highest BCUT2D eigenvalue weighted by Crippen LogP contribution is 2.27. The van der Waals surface area contributed by atoms with Crippen LogP contribution in [-0.2, 0) is 0 Å². The van der Waals surface area contributed by atoms with Gasteiger partial charge in [-0.05, 0) is 36.4 Å². The summed E-state index contributed by atoms with van der Waals surface area (Å²) in [5, 5.41) is 3.15. The Morgan fingerprint density at radius 1 is 1.14 bits per heavy atom. The van der Waals surface area contributed by atoms with E-state index in [1.165, 1.54) is 7.11 Å². The molecule has 0 saturated carbocycles. The summed E-state index contributed by atoms with van der Waals surface area (Å²) in [5.41, 5.74) is 1.89. The first kappa shape index (κ1) is 14.2. The fourth-order valence-corrected chi connectivity index (χ4v) is 2.38. The number of H-pyrrole nitrogens is 2. The van der Waals surface area contributed by atoms with E-state index in [9.17, 15) is 9.59 Å². The molecule has 0 saturated heterocycles. The first-order valence-corrected chi connectivity index (χ1v) is 6.81. The van der Waals surface area contributed by atoms with Gasteiger partial charge in [-0.25, -0.2) is 4.79 Å². The lowest BCUT2D eigenvalue weighted by Crippen LogP contribution is -2.11. The van der Waals surface area contributed by atoms with E-state index in [0.29, 0.717) is 33.1 Å². The normalized spacial score (nSPS) is 10.6. The van der Waals surface area contributed by atoms with Crippen molar-refractivity contribution in [2.75, 3.05) is 12.4 Å². The van der Waals surface area contributed by atoms with Crippen LogP contribution in [0.2, 0.25) is 5.02 Å². The van der Waals surface area contributed by atoms with E-state index in [0.717, 1.165) is 0 Å². The molecule has 0 aliphatic carbocycles. The molecule has 7 heteroatoms. The van der Waals surface area contributed by atoms with Gasteiger partial charge in [-0.1, -0.05) is 11.6 Å². The first-order valence-electron chi connectivity index (χ1n) is 6.44. The van der Waals surface area contributed by atoms with Crippen LogP contribution >= 0.6 is 11.6 Å². The third-order valence-electron chi connectivity index (χ3n) is 3.19. The molecule has 3 N–H and O–H groups in total. The van der Waals surface area contributed by atoms with Gasteiger partial charge in [0.1, 0.15) is 5.75 Å². The van der Waals surface area contributed by atoms with Gasteiger partial charge >= 0.3 is 5.69 Å². The summed E-state index contributed by atoms with van der Waals surface area (Å²) in [5.74, 6) is 0.233. The first-order chi connectivity index (χ1) is 10.6. The minimum atomic E-state index is -0.311. The third-order valence-corrected chi connectivity index (χ3v) is 3.48. The van der Waals surface area contributed by atoms with Crippen molar-refractivity contribution >= 4 is 34.2 Å². The van der Waals surface area contributed by atoms with Crippen LogP contribution in [0.5, 0.6) is 5.75 Å². The van der Waals surface area contributed by atoms with E-state index >= 15 is 0 Å². The number of aromatic nitrogens is 2. The highest BCUT2D eigenvalue weighted by molar-refractivity contribution is 6.32. The summed E-state index contributed by atoms with van der Waals surface area (Å²) in [6, 6.07) is 9.88. The number of amides is 1. The number of imidazole rings is 1. The van der Waals surface area contributed by atoms with E-state index in [1.54, 1.807) is 36.4 Å². The average molecular weight is 318 g/mol. The quantitative estimate of drug-likeness (QED) is 0.694. The molecule has 1 aromatic heterocycles. The summed E-state index contributed by atoms with van der Waals surface area (Å²) < 4.78 is 5.06. The largest absolute Gasteiger partial charge is 0.495 e. The predicted molar refractivity (Wildman–Crippen MR) is 84.9 cm³/mol. The van der Waals surface area contributed by atoms with Crippen LogP contribution in [-0.4, -0.2) is 23.0 Å². The van der Waals surface area contributed by atoms with Crippen LogP contribution in [0.4, 0.5) is 5.69 Å². The molecule has 1 amide bonds. The number of methoxy groups -OCH3 is 1. The standard InChI is InChI=1S/C15H12ClN3O3/c1-22-13-5-3-9(7-10(13)16)17-14(20)8-2-4-11-12(6-8)19-15(21)18-11/h2-7H,1H3,(H,17,20)(H2,18,19,21). The van der Waals surface area contributed by atoms with E-state index < -0.39 is 0 Å². The lowest BCUT2D eigenvalue weighted by Gasteiger charge is -2.08. The Morgan fingerprint density at radius 2 is 1.91 bits per heavy atom. The molecule has 3 aromatic rings. The fraction of sp³-hybridized carbons (Fsp3) is 0.0667. The smallest absolute Gasteiger partial charge is 0.323 e. The molecule has 22 heavy (non-hydrogen) atoms. The van der Waals surface area contributed by atoms with E-state index in [-0.39, 0.29) is 11.6 Å². The molecule has 0 aliphatic heterocycles. The summed E-state index contributed by atoms with van der Waals surface area (Å²) in [7, 11) is 1.52. The Hall–Kier alpha value is -2.73. The number of aromatic amines is 2. The molecule has 6 nitrogen and oxygen atoms in total. The van der Waals surface area contributed by atoms with Gasteiger partial charge in [0.15, 0.2) is 0 Å². The molecular formula is C15H12ClN3O3. The number of halogens is 1. The van der Waals surface area contributed by atoms with Crippen LogP contribution in [0.25, 0.3) is 11.0 Å². The molecule has 1 heterocycles. The average Bonchev–Trinajstić information content (AvgIpc) is 2.86. The number of carbonyl (C=O) groups is 1. The highest BCUT2D eigenvalue weighted by Gasteiger charge is 2.09. The van der Waals surface area contributed by atoms with Crippen molar-refractivity contribution in [3.63, 3.8) is 0 Å². The molecule has 3 rings (SSSR count). The zero-order valence-electron chi connectivity index (χ0n) is 11.6. The highest BCUT2D eigenvalue weighted by atomic mass is 35.5. The van der Waals surface area contributed by atoms with Crippen molar-refractivity contribution in [2.45, 2.75) is 0 Å². The molecular weight excluding hydrogens is 306 g/mol. The van der Waals surface area contributed by atoms with Crippen molar-refractivity contribution < 1.29 is 9.53 Å². The Kier molecular flexibility index (Phi) is 3.60. The lowest BCUT2D eigenvalue weighted by molar-refractivity contribution is 0.102. The molecule has 0 radical (unpaired) electrons. The van der Waals surface area contributed by atoms with Gasteiger partial charge in [0.05, 0.1) is 23.2 Å². The Balaban J connectivity index is 1.86. The maximum Gasteiger partial charge on any atom is 0.323 e. The Morgan fingerprint density at radius 3 is 2.64 bits per heavy atom. The number of ether oxygens (including phenoxy) is 1. The van der Waals surface area contributed by atoms with Gasteiger partial charge in [-0.15, -0.1) is 0 Å². The van der Waals surface area contributed by atoms with Gasteiger partial charge in [-0.2, -0.15) is 0 Å². The van der Waals surface area contributed by atoms with E-state index in [4.69, 9.17) is 16.3 Å². The van der Waals surface area contributed by atoms with Crippen LogP contribution in [0, 0.1) is 0 Å². The molecule has 0 bridgehead atoms. The van der Waals surface area contributed by atoms with Crippen molar-refractivity contribution in [3.8, 4) is 5.75 Å². The van der Waals surface area contributed by atoms with Crippen LogP contribution in [0.1, 0.15) is 10.4 Å². The van der Waals surface area contributed by atoms with Crippen molar-refractivity contribution in [1.82, 2.24) is 9.97 Å².